The number of esters is 1. The van der Waals surface area contributed by atoms with E-state index in [1.165, 1.54) is 0 Å². The molecule has 0 atom stereocenters. The Bertz CT molecular complexity index is 340. The third kappa shape index (κ3) is 5.03. The molecule has 1 rings (SSSR count). The van der Waals surface area contributed by atoms with Crippen LogP contribution < -0.4 is 5.73 Å². The lowest BCUT2D eigenvalue weighted by Crippen LogP contribution is -2.08. The number of anilines is 1. The summed E-state index contributed by atoms with van der Waals surface area (Å²) in [6.07, 6.45) is 0.451. The molecule has 0 radical (unpaired) electrons. The fourth-order valence-electron chi connectivity index (χ4n) is 1.22. The van der Waals surface area contributed by atoms with E-state index >= 15 is 0 Å². The van der Waals surface area contributed by atoms with Crippen LogP contribution in [0.5, 0.6) is 0 Å². The molecule has 0 fully saturated rings. The molecule has 0 amide bonds. The Labute approximate surface area is 102 Å². The van der Waals surface area contributed by atoms with Crippen LogP contribution in [0, 0.1) is 5.92 Å². The van der Waals surface area contributed by atoms with Crippen LogP contribution in [0.3, 0.4) is 0 Å². The van der Waals surface area contributed by atoms with Crippen molar-refractivity contribution in [2.24, 2.45) is 5.92 Å². The Hall–Kier alpha value is -1.22. The van der Waals surface area contributed by atoms with Gasteiger partial charge in [-0.25, -0.2) is 0 Å². The summed E-state index contributed by atoms with van der Waals surface area (Å²) in [5, 5.41) is 0. The normalized spacial score (nSPS) is 9.69. The van der Waals surface area contributed by atoms with Gasteiger partial charge in [-0.15, -0.1) is 12.4 Å². The van der Waals surface area contributed by atoms with Gasteiger partial charge >= 0.3 is 5.97 Å². The van der Waals surface area contributed by atoms with E-state index in [0.29, 0.717) is 18.0 Å². The summed E-state index contributed by atoms with van der Waals surface area (Å²) in [4.78, 5) is 11.3. The van der Waals surface area contributed by atoms with E-state index in [4.69, 9.17) is 10.5 Å². The summed E-state index contributed by atoms with van der Waals surface area (Å²) in [7, 11) is 0. The van der Waals surface area contributed by atoms with Crippen molar-refractivity contribution in [3.05, 3.63) is 29.8 Å². The predicted molar refractivity (Wildman–Crippen MR) is 67.4 cm³/mol. The minimum Gasteiger partial charge on any atom is -0.461 e. The number of ether oxygens (including phenoxy) is 1. The van der Waals surface area contributed by atoms with E-state index in [1.807, 2.05) is 32.0 Å². The lowest BCUT2D eigenvalue weighted by atomic mass is 10.1. The number of carbonyl (C=O) groups excluding carboxylic acids is 1. The Kier molecular flexibility index (Phi) is 6.58. The number of nitrogen functional groups attached to an aromatic ring is 1. The van der Waals surface area contributed by atoms with Crippen molar-refractivity contribution in [3.8, 4) is 0 Å². The quantitative estimate of drug-likeness (QED) is 0.654. The van der Waals surface area contributed by atoms with Crippen molar-refractivity contribution in [1.29, 1.82) is 0 Å². The molecule has 0 saturated carbocycles. The maximum Gasteiger partial charge on any atom is 0.306 e. The number of rotatable bonds is 4. The van der Waals surface area contributed by atoms with Crippen molar-refractivity contribution in [3.63, 3.8) is 0 Å². The summed E-state index contributed by atoms with van der Waals surface area (Å²) in [6.45, 7) is 4.23. The zero-order valence-corrected chi connectivity index (χ0v) is 10.4. The number of benzene rings is 1. The Balaban J connectivity index is 0.00000225. The second-order valence-corrected chi connectivity index (χ2v) is 3.96. The SMILES string of the molecule is CC(C)CC(=O)OCc1ccccc1N.Cl. The van der Waals surface area contributed by atoms with Crippen LogP contribution in [0.2, 0.25) is 0 Å². The molecule has 0 unspecified atom stereocenters. The number of hydrogen-bond acceptors (Lipinski definition) is 3. The molecule has 0 heterocycles. The second kappa shape index (κ2) is 7.12. The molecule has 0 saturated heterocycles. The van der Waals surface area contributed by atoms with Crippen molar-refractivity contribution in [2.75, 3.05) is 5.73 Å². The molecule has 16 heavy (non-hydrogen) atoms. The minimum absolute atomic E-state index is 0. The third-order valence-corrected chi connectivity index (χ3v) is 2.02. The highest BCUT2D eigenvalue weighted by Gasteiger charge is 2.07. The van der Waals surface area contributed by atoms with Crippen LogP contribution in [0.15, 0.2) is 24.3 Å². The van der Waals surface area contributed by atoms with Gasteiger partial charge in [0.2, 0.25) is 0 Å². The molecule has 0 aromatic heterocycles. The van der Waals surface area contributed by atoms with Crippen molar-refractivity contribution in [2.45, 2.75) is 26.9 Å². The standard InChI is InChI=1S/C12H17NO2.ClH/c1-9(2)7-12(14)15-8-10-5-3-4-6-11(10)13;/h3-6,9H,7-8,13H2,1-2H3;1H. The largest absolute Gasteiger partial charge is 0.461 e. The fourth-order valence-corrected chi connectivity index (χ4v) is 1.22. The molecule has 90 valence electrons. The molecule has 4 heteroatoms. The number of carbonyl (C=O) groups is 1. The van der Waals surface area contributed by atoms with Gasteiger partial charge in [-0.3, -0.25) is 4.79 Å². The van der Waals surface area contributed by atoms with E-state index in [2.05, 4.69) is 0 Å². The van der Waals surface area contributed by atoms with Gasteiger partial charge in [0.1, 0.15) is 6.61 Å². The summed E-state index contributed by atoms with van der Waals surface area (Å²) < 4.78 is 5.10. The van der Waals surface area contributed by atoms with Gasteiger partial charge < -0.3 is 10.5 Å². The van der Waals surface area contributed by atoms with Crippen LogP contribution in [-0.4, -0.2) is 5.97 Å². The molecule has 0 aliphatic carbocycles. The molecule has 0 aliphatic rings. The molecule has 2 N–H and O–H groups in total. The smallest absolute Gasteiger partial charge is 0.306 e. The van der Waals surface area contributed by atoms with Gasteiger partial charge in [-0.1, -0.05) is 32.0 Å². The summed E-state index contributed by atoms with van der Waals surface area (Å²) in [5.41, 5.74) is 7.23. The van der Waals surface area contributed by atoms with Crippen LogP contribution in [0.25, 0.3) is 0 Å². The highest BCUT2D eigenvalue weighted by atomic mass is 35.5. The minimum atomic E-state index is -0.173. The van der Waals surface area contributed by atoms with Crippen molar-refractivity contribution >= 4 is 24.1 Å². The van der Waals surface area contributed by atoms with E-state index in [9.17, 15) is 4.79 Å². The highest BCUT2D eigenvalue weighted by Crippen LogP contribution is 2.12. The number of hydrogen-bond donors (Lipinski definition) is 1. The fraction of sp³-hybridized carbons (Fsp3) is 0.417. The second-order valence-electron chi connectivity index (χ2n) is 3.96. The van der Waals surface area contributed by atoms with E-state index in [1.54, 1.807) is 6.07 Å². The van der Waals surface area contributed by atoms with Gasteiger partial charge in [0.25, 0.3) is 0 Å². The maximum absolute atomic E-state index is 11.3. The molecule has 1 aromatic rings. The summed E-state index contributed by atoms with van der Waals surface area (Å²) in [6, 6.07) is 7.39. The average Bonchev–Trinajstić information content (AvgIpc) is 2.15. The Morgan fingerprint density at radius 1 is 1.38 bits per heavy atom. The number of nitrogens with two attached hydrogens (primary N) is 1. The molecule has 0 bridgehead atoms. The van der Waals surface area contributed by atoms with Crippen LogP contribution in [0.1, 0.15) is 25.8 Å². The lowest BCUT2D eigenvalue weighted by Gasteiger charge is -2.08. The molecule has 0 aliphatic heterocycles. The highest BCUT2D eigenvalue weighted by molar-refractivity contribution is 5.85. The van der Waals surface area contributed by atoms with Crippen molar-refractivity contribution in [1.82, 2.24) is 0 Å². The average molecular weight is 244 g/mol. The van der Waals surface area contributed by atoms with Gasteiger partial charge in [0, 0.05) is 17.7 Å². The van der Waals surface area contributed by atoms with Crippen LogP contribution in [0.4, 0.5) is 5.69 Å². The first kappa shape index (κ1) is 14.8. The van der Waals surface area contributed by atoms with E-state index < -0.39 is 0 Å². The third-order valence-electron chi connectivity index (χ3n) is 2.02. The molecular weight excluding hydrogens is 226 g/mol. The number of halogens is 1. The molecule has 1 aromatic carbocycles. The zero-order chi connectivity index (χ0) is 11.3. The maximum atomic E-state index is 11.3. The van der Waals surface area contributed by atoms with Gasteiger partial charge in [-0.2, -0.15) is 0 Å². The van der Waals surface area contributed by atoms with Crippen molar-refractivity contribution < 1.29 is 9.53 Å². The van der Waals surface area contributed by atoms with Gasteiger partial charge in [0.15, 0.2) is 0 Å². The number of para-hydroxylation sites is 1. The molecule has 0 spiro atoms. The first-order valence-electron chi connectivity index (χ1n) is 5.08. The van der Waals surface area contributed by atoms with E-state index in [0.717, 1.165) is 5.56 Å². The van der Waals surface area contributed by atoms with Crippen LogP contribution in [-0.2, 0) is 16.1 Å². The summed E-state index contributed by atoms with van der Waals surface area (Å²) >= 11 is 0. The monoisotopic (exact) mass is 243 g/mol. The zero-order valence-electron chi connectivity index (χ0n) is 9.60. The topological polar surface area (TPSA) is 52.3 Å². The first-order chi connectivity index (χ1) is 7.09. The van der Waals surface area contributed by atoms with Crippen LogP contribution >= 0.6 is 12.4 Å². The lowest BCUT2D eigenvalue weighted by molar-refractivity contribution is -0.145. The van der Waals surface area contributed by atoms with Gasteiger partial charge in [0.05, 0.1) is 0 Å². The molecular formula is C12H18ClNO2. The first-order valence-corrected chi connectivity index (χ1v) is 5.08. The van der Waals surface area contributed by atoms with Gasteiger partial charge in [-0.05, 0) is 12.0 Å². The Morgan fingerprint density at radius 2 is 2.00 bits per heavy atom. The summed E-state index contributed by atoms with van der Waals surface area (Å²) in [5.74, 6) is 0.152. The molecule has 3 nitrogen and oxygen atoms in total. The Morgan fingerprint density at radius 3 is 2.56 bits per heavy atom. The van der Waals surface area contributed by atoms with E-state index in [-0.39, 0.29) is 25.0 Å². The predicted octanol–water partition coefficient (Wildman–Crippen LogP) is 2.78.